The Morgan fingerprint density at radius 3 is 2.44 bits per heavy atom. The van der Waals surface area contributed by atoms with E-state index < -0.39 is 0 Å². The lowest BCUT2D eigenvalue weighted by Gasteiger charge is -2.23. The lowest BCUT2D eigenvalue weighted by molar-refractivity contribution is -0.131. The average molecular weight is 252 g/mol. The molecule has 1 N–H and O–H groups in total. The van der Waals surface area contributed by atoms with Gasteiger partial charge in [-0.1, -0.05) is 0 Å². The molecule has 102 valence electrons. The summed E-state index contributed by atoms with van der Waals surface area (Å²) in [6, 6.07) is 1.97. The van der Waals surface area contributed by atoms with E-state index in [1.165, 1.54) is 0 Å². The fourth-order valence-electron chi connectivity index (χ4n) is 1.80. The summed E-state index contributed by atoms with van der Waals surface area (Å²) in [5.41, 5.74) is 0. The molecule has 0 bridgehead atoms. The Morgan fingerprint density at radius 1 is 1.39 bits per heavy atom. The minimum Gasteiger partial charge on any atom is -0.357 e. The Hall–Kier alpha value is -1.52. The van der Waals surface area contributed by atoms with Gasteiger partial charge >= 0.3 is 0 Å². The minimum atomic E-state index is -0.250. The smallest absolute Gasteiger partial charge is 0.244 e. The maximum absolute atomic E-state index is 12.1. The molecule has 18 heavy (non-hydrogen) atoms. The summed E-state index contributed by atoms with van der Waals surface area (Å²) in [5.74, 6) is 0.857. The molecule has 0 radical (unpaired) electrons. The Morgan fingerprint density at radius 2 is 2.00 bits per heavy atom. The molecular formula is C13H24N4O. The van der Waals surface area contributed by atoms with Gasteiger partial charge in [-0.2, -0.15) is 5.10 Å². The number of carbonyl (C=O) groups is 1. The Bertz CT molecular complexity index is 382. The van der Waals surface area contributed by atoms with Crippen molar-refractivity contribution >= 4 is 11.7 Å². The molecule has 5 heteroatoms. The molecular weight excluding hydrogens is 228 g/mol. The number of amides is 1. The van der Waals surface area contributed by atoms with Gasteiger partial charge in [-0.3, -0.25) is 9.48 Å². The van der Waals surface area contributed by atoms with Gasteiger partial charge in [0.1, 0.15) is 11.9 Å². The van der Waals surface area contributed by atoms with Crippen molar-refractivity contribution in [3.63, 3.8) is 0 Å². The molecule has 1 amide bonds. The number of hydrogen-bond acceptors (Lipinski definition) is 3. The summed E-state index contributed by atoms with van der Waals surface area (Å²) >= 11 is 0. The first-order valence-electron chi connectivity index (χ1n) is 6.60. The molecule has 1 aromatic rings. The van der Waals surface area contributed by atoms with Crippen LogP contribution < -0.4 is 5.32 Å². The van der Waals surface area contributed by atoms with Crippen LogP contribution in [0.1, 0.15) is 40.7 Å². The van der Waals surface area contributed by atoms with Crippen LogP contribution in [0, 0.1) is 0 Å². The van der Waals surface area contributed by atoms with Crippen molar-refractivity contribution in [3.8, 4) is 0 Å². The van der Waals surface area contributed by atoms with E-state index >= 15 is 0 Å². The number of likely N-dealkylation sites (N-methyl/N-ethyl adjacent to an activating group) is 1. The maximum Gasteiger partial charge on any atom is 0.244 e. The summed E-state index contributed by atoms with van der Waals surface area (Å²) in [4.78, 5) is 13.9. The molecule has 1 atom stereocenters. The van der Waals surface area contributed by atoms with Gasteiger partial charge in [-0.05, 0) is 34.6 Å². The van der Waals surface area contributed by atoms with Crippen molar-refractivity contribution in [2.24, 2.45) is 0 Å². The number of anilines is 1. The van der Waals surface area contributed by atoms with Crippen molar-refractivity contribution < 1.29 is 4.79 Å². The zero-order chi connectivity index (χ0) is 13.7. The van der Waals surface area contributed by atoms with E-state index in [2.05, 4.69) is 24.3 Å². The molecule has 0 saturated heterocycles. The highest BCUT2D eigenvalue weighted by Gasteiger charge is 2.18. The topological polar surface area (TPSA) is 50.2 Å². The van der Waals surface area contributed by atoms with E-state index in [9.17, 15) is 4.79 Å². The number of aromatic nitrogens is 2. The average Bonchev–Trinajstić information content (AvgIpc) is 2.79. The molecule has 0 fully saturated rings. The fraction of sp³-hybridized carbons (Fsp3) is 0.692. The van der Waals surface area contributed by atoms with Crippen LogP contribution in [0.4, 0.5) is 5.82 Å². The molecule has 1 heterocycles. The summed E-state index contributed by atoms with van der Waals surface area (Å²) in [5, 5.41) is 7.52. The largest absolute Gasteiger partial charge is 0.357 e. The Kier molecular flexibility index (Phi) is 5.19. The lowest BCUT2D eigenvalue weighted by atomic mass is 10.3. The second-order valence-electron chi connectivity index (χ2n) is 4.65. The summed E-state index contributed by atoms with van der Waals surface area (Å²) in [7, 11) is 0. The number of nitrogens with one attached hydrogen (secondary N) is 1. The molecule has 0 spiro atoms. The van der Waals surface area contributed by atoms with Crippen molar-refractivity contribution in [2.45, 2.75) is 46.7 Å². The van der Waals surface area contributed by atoms with Crippen LogP contribution in [-0.4, -0.2) is 39.7 Å². The van der Waals surface area contributed by atoms with Gasteiger partial charge in [0.2, 0.25) is 5.91 Å². The Labute approximate surface area is 109 Å². The van der Waals surface area contributed by atoms with Gasteiger partial charge < -0.3 is 10.2 Å². The van der Waals surface area contributed by atoms with E-state index in [0.29, 0.717) is 6.04 Å². The molecule has 1 rings (SSSR count). The van der Waals surface area contributed by atoms with Crippen LogP contribution in [0.25, 0.3) is 0 Å². The molecule has 0 aliphatic heterocycles. The van der Waals surface area contributed by atoms with Crippen molar-refractivity contribution in [2.75, 3.05) is 18.4 Å². The van der Waals surface area contributed by atoms with Gasteiger partial charge in [0.25, 0.3) is 0 Å². The quantitative estimate of drug-likeness (QED) is 0.844. The second-order valence-corrected chi connectivity index (χ2v) is 4.65. The zero-order valence-electron chi connectivity index (χ0n) is 12.0. The van der Waals surface area contributed by atoms with E-state index in [0.717, 1.165) is 18.9 Å². The summed E-state index contributed by atoms with van der Waals surface area (Å²) in [6.07, 6.45) is 1.92. The standard InChI is InChI=1S/C13H24N4O/c1-6-16(7-2)13(18)11(5)14-12-8-9-17(15-12)10(3)4/h8-11H,6-7H2,1-5H3,(H,14,15). The molecule has 0 aliphatic carbocycles. The van der Waals surface area contributed by atoms with Gasteiger partial charge in [-0.25, -0.2) is 0 Å². The predicted molar refractivity (Wildman–Crippen MR) is 73.6 cm³/mol. The third kappa shape index (κ3) is 3.48. The van der Waals surface area contributed by atoms with Crippen molar-refractivity contribution in [3.05, 3.63) is 12.3 Å². The van der Waals surface area contributed by atoms with Crippen LogP contribution in [-0.2, 0) is 4.79 Å². The van der Waals surface area contributed by atoms with Crippen molar-refractivity contribution in [1.29, 1.82) is 0 Å². The van der Waals surface area contributed by atoms with E-state index in [-0.39, 0.29) is 11.9 Å². The van der Waals surface area contributed by atoms with Gasteiger partial charge in [0, 0.05) is 31.4 Å². The molecule has 0 aromatic carbocycles. The van der Waals surface area contributed by atoms with Crippen LogP contribution in [0.5, 0.6) is 0 Å². The first kappa shape index (κ1) is 14.5. The monoisotopic (exact) mass is 252 g/mol. The Balaban J connectivity index is 2.63. The van der Waals surface area contributed by atoms with Crippen LogP contribution in [0.15, 0.2) is 12.3 Å². The summed E-state index contributed by atoms with van der Waals surface area (Å²) in [6.45, 7) is 11.5. The van der Waals surface area contributed by atoms with Gasteiger partial charge in [0.15, 0.2) is 0 Å². The third-order valence-electron chi connectivity index (χ3n) is 2.95. The third-order valence-corrected chi connectivity index (χ3v) is 2.95. The lowest BCUT2D eigenvalue weighted by Crippen LogP contribution is -2.41. The van der Waals surface area contributed by atoms with Gasteiger partial charge in [0.05, 0.1) is 0 Å². The van der Waals surface area contributed by atoms with E-state index in [1.54, 1.807) is 0 Å². The highest BCUT2D eigenvalue weighted by atomic mass is 16.2. The number of carbonyl (C=O) groups excluding carboxylic acids is 1. The normalized spacial score (nSPS) is 12.6. The number of hydrogen-bond donors (Lipinski definition) is 1. The van der Waals surface area contributed by atoms with E-state index in [1.807, 2.05) is 42.6 Å². The maximum atomic E-state index is 12.1. The van der Waals surface area contributed by atoms with E-state index in [4.69, 9.17) is 0 Å². The number of nitrogens with zero attached hydrogens (tertiary/aromatic N) is 3. The first-order valence-corrected chi connectivity index (χ1v) is 6.60. The van der Waals surface area contributed by atoms with Crippen molar-refractivity contribution in [1.82, 2.24) is 14.7 Å². The molecule has 1 aromatic heterocycles. The fourth-order valence-corrected chi connectivity index (χ4v) is 1.80. The zero-order valence-corrected chi connectivity index (χ0v) is 12.0. The van der Waals surface area contributed by atoms with Gasteiger partial charge in [-0.15, -0.1) is 0 Å². The molecule has 1 unspecified atom stereocenters. The molecule has 0 saturated carbocycles. The predicted octanol–water partition coefficient (Wildman–Crippen LogP) is 2.13. The first-order chi connectivity index (χ1) is 8.49. The highest BCUT2D eigenvalue weighted by Crippen LogP contribution is 2.10. The molecule has 5 nitrogen and oxygen atoms in total. The van der Waals surface area contributed by atoms with Crippen LogP contribution in [0.3, 0.4) is 0 Å². The molecule has 0 aliphatic rings. The highest BCUT2D eigenvalue weighted by molar-refractivity contribution is 5.83. The SMILES string of the molecule is CCN(CC)C(=O)C(C)Nc1ccn(C(C)C)n1. The minimum absolute atomic E-state index is 0.110. The number of rotatable bonds is 6. The summed E-state index contributed by atoms with van der Waals surface area (Å²) < 4.78 is 1.87. The second kappa shape index (κ2) is 6.42. The van der Waals surface area contributed by atoms with Crippen LogP contribution in [0.2, 0.25) is 0 Å². The van der Waals surface area contributed by atoms with Crippen LogP contribution >= 0.6 is 0 Å².